The number of aryl methyl sites for hydroxylation is 6. The molecule has 0 fully saturated rings. The van der Waals surface area contributed by atoms with Gasteiger partial charge >= 0.3 is 0 Å². The van der Waals surface area contributed by atoms with E-state index in [1.165, 1.54) is 0 Å². The molecule has 0 atom stereocenters. The predicted octanol–water partition coefficient (Wildman–Crippen LogP) is 5.35. The van der Waals surface area contributed by atoms with Crippen LogP contribution in [0.3, 0.4) is 0 Å². The van der Waals surface area contributed by atoms with Gasteiger partial charge in [0.05, 0.1) is 0 Å². The summed E-state index contributed by atoms with van der Waals surface area (Å²) >= 11 is 0. The van der Waals surface area contributed by atoms with Crippen molar-refractivity contribution in [1.29, 1.82) is 0 Å². The third-order valence-electron chi connectivity index (χ3n) is 4.15. The van der Waals surface area contributed by atoms with Crippen LogP contribution in [0.4, 0.5) is 0 Å². The molecular weight excluding hydrogens is 319 g/mol. The Kier molecular flexibility index (Phi) is 5.15. The lowest BCUT2D eigenvalue weighted by atomic mass is 10.0. The van der Waals surface area contributed by atoms with E-state index in [1.807, 2.05) is 65.8 Å². The highest BCUT2D eigenvalue weighted by Gasteiger charge is 2.29. The van der Waals surface area contributed by atoms with Crippen LogP contribution < -0.4 is 0 Å². The summed E-state index contributed by atoms with van der Waals surface area (Å²) in [7, 11) is -2.67. The molecule has 4 heteroatoms. The largest absolute Gasteiger partial charge is 0.281 e. The van der Waals surface area contributed by atoms with Gasteiger partial charge in [-0.3, -0.25) is 14.2 Å². The molecule has 0 N–H and O–H groups in total. The van der Waals surface area contributed by atoms with Gasteiger partial charge in [0.1, 0.15) is 0 Å². The third-order valence-corrected chi connectivity index (χ3v) is 5.34. The SMILES string of the molecule is Cc1cc(C)c(C(=O)[P](=O)C(=O)c2c(C)cc(C)cc2C)c(C)c1. The van der Waals surface area contributed by atoms with Gasteiger partial charge in [-0.1, -0.05) is 35.4 Å². The second-order valence-electron chi connectivity index (χ2n) is 6.45. The lowest BCUT2D eigenvalue weighted by Crippen LogP contribution is -2.08. The number of benzene rings is 2. The quantitative estimate of drug-likeness (QED) is 0.705. The molecule has 0 saturated carbocycles. The number of hydrogen-bond acceptors (Lipinski definition) is 3. The zero-order valence-corrected chi connectivity index (χ0v) is 15.9. The van der Waals surface area contributed by atoms with Crippen LogP contribution in [0.5, 0.6) is 0 Å². The third kappa shape index (κ3) is 3.37. The lowest BCUT2D eigenvalue weighted by Gasteiger charge is -2.12. The fraction of sp³-hybridized carbons (Fsp3) is 0.300. The van der Waals surface area contributed by atoms with Gasteiger partial charge in [-0.25, -0.2) is 0 Å². The lowest BCUT2D eigenvalue weighted by molar-refractivity contribution is 0.104. The molecule has 2 rings (SSSR count). The van der Waals surface area contributed by atoms with Crippen LogP contribution >= 0.6 is 7.80 Å². The number of carbonyl (C=O) groups excluding carboxylic acids is 2. The fourth-order valence-corrected chi connectivity index (χ4v) is 4.63. The Balaban J connectivity index is 2.46. The molecule has 0 aliphatic rings. The van der Waals surface area contributed by atoms with Gasteiger partial charge in [-0.2, -0.15) is 0 Å². The van der Waals surface area contributed by atoms with Crippen molar-refractivity contribution < 1.29 is 14.2 Å². The van der Waals surface area contributed by atoms with Crippen LogP contribution in [-0.4, -0.2) is 11.0 Å². The fourth-order valence-electron chi connectivity index (χ4n) is 3.33. The van der Waals surface area contributed by atoms with Crippen molar-refractivity contribution in [2.24, 2.45) is 0 Å². The second kappa shape index (κ2) is 6.78. The molecule has 24 heavy (non-hydrogen) atoms. The van der Waals surface area contributed by atoms with E-state index in [0.717, 1.165) is 33.4 Å². The molecule has 0 saturated heterocycles. The van der Waals surface area contributed by atoms with E-state index in [4.69, 9.17) is 0 Å². The van der Waals surface area contributed by atoms with E-state index in [2.05, 4.69) is 0 Å². The molecule has 0 spiro atoms. The highest BCUT2D eigenvalue weighted by Crippen LogP contribution is 2.36. The Bertz CT molecular complexity index is 761. The Morgan fingerprint density at radius 1 is 0.625 bits per heavy atom. The van der Waals surface area contributed by atoms with Crippen molar-refractivity contribution >= 4 is 18.8 Å². The van der Waals surface area contributed by atoms with Crippen molar-refractivity contribution in [1.82, 2.24) is 0 Å². The first-order valence-corrected chi connectivity index (χ1v) is 9.11. The van der Waals surface area contributed by atoms with Crippen molar-refractivity contribution in [3.8, 4) is 0 Å². The maximum absolute atomic E-state index is 12.7. The van der Waals surface area contributed by atoms with Crippen LogP contribution in [0.2, 0.25) is 0 Å². The van der Waals surface area contributed by atoms with Crippen LogP contribution in [0.25, 0.3) is 0 Å². The van der Waals surface area contributed by atoms with E-state index < -0.39 is 18.8 Å². The molecule has 3 nitrogen and oxygen atoms in total. The van der Waals surface area contributed by atoms with Crippen molar-refractivity contribution in [2.75, 3.05) is 0 Å². The molecule has 2 aromatic carbocycles. The minimum absolute atomic E-state index is 0.400. The van der Waals surface area contributed by atoms with Gasteiger partial charge in [-0.05, 0) is 63.8 Å². The second-order valence-corrected chi connectivity index (χ2v) is 7.85. The minimum atomic E-state index is -2.67. The van der Waals surface area contributed by atoms with Crippen LogP contribution in [0.1, 0.15) is 54.1 Å². The standard InChI is InChI=1S/C20H22O3P/c1-11-7-13(3)17(14(4)8-11)19(21)24(23)20(22)18-15(5)9-12(2)10-16(18)6/h7-10H,1-6H3. The van der Waals surface area contributed by atoms with E-state index in [1.54, 1.807) is 0 Å². The average molecular weight is 341 g/mol. The van der Waals surface area contributed by atoms with Crippen molar-refractivity contribution in [3.63, 3.8) is 0 Å². The zero-order valence-electron chi connectivity index (χ0n) is 15.0. The van der Waals surface area contributed by atoms with Gasteiger partial charge in [0.2, 0.25) is 18.8 Å². The predicted molar refractivity (Wildman–Crippen MR) is 97.6 cm³/mol. The normalized spacial score (nSPS) is 10.6. The van der Waals surface area contributed by atoms with E-state index >= 15 is 0 Å². The van der Waals surface area contributed by atoms with E-state index in [9.17, 15) is 14.2 Å². The van der Waals surface area contributed by atoms with Crippen LogP contribution in [0, 0.1) is 41.5 Å². The van der Waals surface area contributed by atoms with E-state index in [-0.39, 0.29) is 0 Å². The highest BCUT2D eigenvalue weighted by atomic mass is 31.1. The molecule has 1 radical (unpaired) electrons. The summed E-state index contributed by atoms with van der Waals surface area (Å²) < 4.78 is 12.7. The van der Waals surface area contributed by atoms with Gasteiger partial charge < -0.3 is 0 Å². The summed E-state index contributed by atoms with van der Waals surface area (Å²) in [5.74, 6) is 0. The molecule has 0 heterocycles. The average Bonchev–Trinajstić information content (AvgIpc) is 2.43. The summed E-state index contributed by atoms with van der Waals surface area (Å²) in [6.07, 6.45) is 0. The molecule has 0 amide bonds. The number of rotatable bonds is 4. The molecular formula is C20H22O3P. The maximum atomic E-state index is 12.7. The summed E-state index contributed by atoms with van der Waals surface area (Å²) in [6.45, 7) is 11.1. The topological polar surface area (TPSA) is 51.2 Å². The Morgan fingerprint density at radius 3 is 1.12 bits per heavy atom. The molecule has 0 unspecified atom stereocenters. The van der Waals surface area contributed by atoms with Crippen LogP contribution in [-0.2, 0) is 4.57 Å². The molecule has 0 aliphatic heterocycles. The van der Waals surface area contributed by atoms with Gasteiger partial charge in [0.25, 0.3) is 0 Å². The Labute approximate surface area is 143 Å². The minimum Gasteiger partial charge on any atom is -0.281 e. The Hall–Kier alpha value is -2.12. The molecule has 125 valence electrons. The van der Waals surface area contributed by atoms with Crippen molar-refractivity contribution in [2.45, 2.75) is 41.5 Å². The molecule has 0 aliphatic carbocycles. The zero-order chi connectivity index (χ0) is 18.2. The summed E-state index contributed by atoms with van der Waals surface area (Å²) in [4.78, 5) is 25.4. The van der Waals surface area contributed by atoms with Crippen LogP contribution in [0.15, 0.2) is 24.3 Å². The molecule has 2 aromatic rings. The highest BCUT2D eigenvalue weighted by molar-refractivity contribution is 7.80. The summed E-state index contributed by atoms with van der Waals surface area (Å²) in [6, 6.07) is 7.49. The first kappa shape index (κ1) is 18.2. The number of hydrogen-bond donors (Lipinski definition) is 0. The number of carbonyl (C=O) groups is 2. The van der Waals surface area contributed by atoms with Gasteiger partial charge in [0, 0.05) is 11.1 Å². The Morgan fingerprint density at radius 2 is 0.875 bits per heavy atom. The first-order valence-electron chi connectivity index (χ1n) is 7.85. The van der Waals surface area contributed by atoms with Gasteiger partial charge in [0.15, 0.2) is 0 Å². The molecule has 0 aromatic heterocycles. The van der Waals surface area contributed by atoms with Crippen molar-refractivity contribution in [3.05, 3.63) is 68.8 Å². The summed E-state index contributed by atoms with van der Waals surface area (Å²) in [5.41, 5.74) is 4.74. The molecule has 0 bridgehead atoms. The smallest absolute Gasteiger partial charge is 0.250 e. The summed E-state index contributed by atoms with van der Waals surface area (Å²) in [5, 5.41) is 0. The first-order chi connectivity index (χ1) is 11.1. The monoisotopic (exact) mass is 341 g/mol. The maximum Gasteiger partial charge on any atom is 0.250 e. The van der Waals surface area contributed by atoms with Gasteiger partial charge in [-0.15, -0.1) is 0 Å². The van der Waals surface area contributed by atoms with E-state index in [0.29, 0.717) is 11.1 Å².